The molecule has 5 rings (SSSR count). The third kappa shape index (κ3) is 5.43. The molecule has 0 fully saturated rings. The van der Waals surface area contributed by atoms with E-state index in [0.717, 1.165) is 27.7 Å². The first kappa shape index (κ1) is 25.9. The molecule has 198 valence electrons. The van der Waals surface area contributed by atoms with E-state index in [0.29, 0.717) is 41.7 Å². The molecule has 0 saturated heterocycles. The predicted octanol–water partition coefficient (Wildman–Crippen LogP) is 5.10. The third-order valence-electron chi connectivity index (χ3n) is 6.71. The Bertz CT molecular complexity index is 1400. The number of rotatable bonds is 8. The number of carbonyl (C=O) groups is 1. The Balaban J connectivity index is 1.45. The van der Waals surface area contributed by atoms with Gasteiger partial charge in [0.15, 0.2) is 0 Å². The number of fused-ring (bicyclic) bond motifs is 3. The number of benzene rings is 3. The van der Waals surface area contributed by atoms with Crippen LogP contribution in [0, 0.1) is 0 Å². The van der Waals surface area contributed by atoms with Crippen LogP contribution in [0.3, 0.4) is 0 Å². The Kier molecular flexibility index (Phi) is 7.74. The number of methoxy groups -OCH3 is 1. The molecule has 0 saturated carbocycles. The highest BCUT2D eigenvalue weighted by Crippen LogP contribution is 2.40. The normalized spacial score (nSPS) is 15.7. The average Bonchev–Trinajstić information content (AvgIpc) is 3.31. The Hall–Kier alpha value is -3.72. The Labute approximate surface area is 225 Å². The number of carbonyl (C=O) groups excluding carboxylic acids is 1. The van der Waals surface area contributed by atoms with E-state index in [1.807, 2.05) is 42.5 Å². The van der Waals surface area contributed by atoms with Crippen molar-refractivity contribution in [2.24, 2.45) is 0 Å². The Morgan fingerprint density at radius 1 is 1.08 bits per heavy atom. The number of nitrogens with one attached hydrogen (secondary N) is 1. The van der Waals surface area contributed by atoms with Crippen LogP contribution in [-0.2, 0) is 6.42 Å². The zero-order chi connectivity index (χ0) is 26.6. The molecular weight excluding hydrogens is 508 g/mol. The molecule has 3 N–H and O–H groups in total. The number of hydrogen-bond acceptors (Lipinski definition) is 6. The van der Waals surface area contributed by atoms with Crippen LogP contribution in [0.2, 0.25) is 5.02 Å². The summed E-state index contributed by atoms with van der Waals surface area (Å²) >= 11 is 6.30. The molecule has 0 bridgehead atoms. The van der Waals surface area contributed by atoms with Gasteiger partial charge in [-0.2, -0.15) is 0 Å². The average molecular weight is 537 g/mol. The molecule has 2 atom stereocenters. The number of H-pyrrole nitrogens is 1. The van der Waals surface area contributed by atoms with Crippen molar-refractivity contribution in [1.29, 1.82) is 0 Å². The zero-order valence-electron chi connectivity index (χ0n) is 20.9. The lowest BCUT2D eigenvalue weighted by Crippen LogP contribution is -2.42. The van der Waals surface area contributed by atoms with Gasteiger partial charge in [-0.25, -0.2) is 4.79 Å². The molecular formula is C29H29ClN2O6. The molecule has 38 heavy (non-hydrogen) atoms. The lowest BCUT2D eigenvalue weighted by molar-refractivity contribution is 0.0754. The molecule has 2 unspecified atom stereocenters. The summed E-state index contributed by atoms with van der Waals surface area (Å²) in [4.78, 5) is 18.7. The van der Waals surface area contributed by atoms with Gasteiger partial charge in [-0.05, 0) is 72.1 Å². The van der Waals surface area contributed by atoms with Crippen molar-refractivity contribution in [3.63, 3.8) is 0 Å². The Morgan fingerprint density at radius 3 is 2.50 bits per heavy atom. The molecule has 1 aromatic heterocycles. The molecule has 0 spiro atoms. The summed E-state index contributed by atoms with van der Waals surface area (Å²) in [5.41, 5.74) is 3.88. The van der Waals surface area contributed by atoms with Gasteiger partial charge in [0, 0.05) is 34.6 Å². The van der Waals surface area contributed by atoms with Crippen LogP contribution in [0.15, 0.2) is 66.7 Å². The van der Waals surface area contributed by atoms with Gasteiger partial charge in [0.25, 0.3) is 0 Å². The summed E-state index contributed by atoms with van der Waals surface area (Å²) in [6, 6.07) is 19.7. The third-order valence-corrected chi connectivity index (χ3v) is 6.95. The summed E-state index contributed by atoms with van der Waals surface area (Å²) in [5.74, 6) is 1.73. The highest BCUT2D eigenvalue weighted by molar-refractivity contribution is 6.31. The molecule has 8 nitrogen and oxygen atoms in total. The highest BCUT2D eigenvalue weighted by atomic mass is 35.5. The maximum Gasteiger partial charge on any atom is 0.416 e. The number of hydrogen-bond donors (Lipinski definition) is 3. The number of halogens is 1. The fraction of sp³-hybridized carbons (Fsp3) is 0.276. The SMILES string of the molecule is COc1ccc(OC(=O)N2CCc3c([nH]c4ccc(Cl)cc34)C2c2ccc(OCCC(O)CO)cc2)cc1. The first-order valence-corrected chi connectivity index (χ1v) is 12.8. The van der Waals surface area contributed by atoms with Crippen LogP contribution in [0.5, 0.6) is 17.2 Å². The topological polar surface area (TPSA) is 104 Å². The number of aromatic nitrogens is 1. The van der Waals surface area contributed by atoms with Crippen LogP contribution in [0.25, 0.3) is 10.9 Å². The van der Waals surface area contributed by atoms with Crippen molar-refractivity contribution in [2.75, 3.05) is 26.9 Å². The molecule has 0 aliphatic carbocycles. The van der Waals surface area contributed by atoms with Crippen molar-refractivity contribution < 1.29 is 29.2 Å². The molecule has 2 heterocycles. The van der Waals surface area contributed by atoms with Crippen molar-refractivity contribution in [1.82, 2.24) is 9.88 Å². The minimum atomic E-state index is -0.810. The highest BCUT2D eigenvalue weighted by Gasteiger charge is 2.35. The first-order valence-electron chi connectivity index (χ1n) is 12.4. The van der Waals surface area contributed by atoms with Crippen molar-refractivity contribution >= 4 is 28.6 Å². The van der Waals surface area contributed by atoms with E-state index < -0.39 is 18.2 Å². The summed E-state index contributed by atoms with van der Waals surface area (Å²) in [7, 11) is 1.58. The van der Waals surface area contributed by atoms with Crippen molar-refractivity contribution in [3.8, 4) is 17.2 Å². The molecule has 1 aliphatic rings. The van der Waals surface area contributed by atoms with Crippen LogP contribution in [-0.4, -0.2) is 59.2 Å². The van der Waals surface area contributed by atoms with Gasteiger partial charge in [0.2, 0.25) is 0 Å². The lowest BCUT2D eigenvalue weighted by Gasteiger charge is -2.35. The summed E-state index contributed by atoms with van der Waals surface area (Å²) < 4.78 is 16.7. The monoisotopic (exact) mass is 536 g/mol. The predicted molar refractivity (Wildman–Crippen MR) is 144 cm³/mol. The lowest BCUT2D eigenvalue weighted by atomic mass is 9.92. The summed E-state index contributed by atoms with van der Waals surface area (Å²) in [6.45, 7) is 0.436. The van der Waals surface area contributed by atoms with Gasteiger partial charge in [-0.1, -0.05) is 23.7 Å². The number of aliphatic hydroxyl groups is 2. The van der Waals surface area contributed by atoms with Gasteiger partial charge in [0.1, 0.15) is 23.3 Å². The summed E-state index contributed by atoms with van der Waals surface area (Å²) in [5, 5.41) is 20.2. The number of nitrogens with zero attached hydrogens (tertiary/aromatic N) is 1. The molecule has 4 aromatic rings. The van der Waals surface area contributed by atoms with Crippen molar-refractivity contribution in [2.45, 2.75) is 25.0 Å². The van der Waals surface area contributed by atoms with Gasteiger partial charge < -0.3 is 29.4 Å². The van der Waals surface area contributed by atoms with Gasteiger partial charge in [-0.15, -0.1) is 0 Å². The van der Waals surface area contributed by atoms with Crippen LogP contribution < -0.4 is 14.2 Å². The van der Waals surface area contributed by atoms with E-state index in [9.17, 15) is 9.90 Å². The maximum atomic E-state index is 13.5. The van der Waals surface area contributed by atoms with Crippen LogP contribution in [0.1, 0.15) is 29.3 Å². The van der Waals surface area contributed by atoms with Gasteiger partial charge >= 0.3 is 6.09 Å². The fourth-order valence-corrected chi connectivity index (χ4v) is 4.93. The van der Waals surface area contributed by atoms with Crippen LogP contribution in [0.4, 0.5) is 4.79 Å². The first-order chi connectivity index (χ1) is 18.5. The van der Waals surface area contributed by atoms with Gasteiger partial charge in [0.05, 0.1) is 26.4 Å². The quantitative estimate of drug-likeness (QED) is 0.289. The van der Waals surface area contributed by atoms with Crippen LogP contribution >= 0.6 is 11.6 Å². The largest absolute Gasteiger partial charge is 0.497 e. The number of aromatic amines is 1. The molecule has 0 radical (unpaired) electrons. The maximum absolute atomic E-state index is 13.5. The number of aliphatic hydroxyl groups excluding tert-OH is 2. The number of ether oxygens (including phenoxy) is 3. The summed E-state index contributed by atoms with van der Waals surface area (Å²) in [6.07, 6.45) is -0.290. The van der Waals surface area contributed by atoms with E-state index in [1.54, 1.807) is 36.3 Å². The second-order valence-corrected chi connectivity index (χ2v) is 9.58. The fourth-order valence-electron chi connectivity index (χ4n) is 4.76. The van der Waals surface area contributed by atoms with E-state index in [2.05, 4.69) is 4.98 Å². The molecule has 1 amide bonds. The minimum absolute atomic E-state index is 0.276. The van der Waals surface area contributed by atoms with E-state index in [-0.39, 0.29) is 13.2 Å². The molecule has 3 aromatic carbocycles. The van der Waals surface area contributed by atoms with E-state index in [1.165, 1.54) is 0 Å². The standard InChI is InChI=1S/C29H29ClN2O6/c1-36-21-7-9-23(10-8-21)38-29(35)32-14-12-24-25-16-19(30)4-11-26(25)31-27(24)28(32)18-2-5-22(6-3-18)37-15-13-20(34)17-33/h2-11,16,20,28,31,33-34H,12-15,17H2,1H3. The second-order valence-electron chi connectivity index (χ2n) is 9.14. The molecule has 9 heteroatoms. The smallest absolute Gasteiger partial charge is 0.416 e. The second kappa shape index (κ2) is 11.3. The van der Waals surface area contributed by atoms with E-state index in [4.69, 9.17) is 30.9 Å². The van der Waals surface area contributed by atoms with Gasteiger partial charge in [-0.3, -0.25) is 4.90 Å². The van der Waals surface area contributed by atoms with Crippen molar-refractivity contribution in [3.05, 3.63) is 88.6 Å². The Morgan fingerprint density at radius 2 is 1.79 bits per heavy atom. The molecule has 1 aliphatic heterocycles. The minimum Gasteiger partial charge on any atom is -0.497 e. The van der Waals surface area contributed by atoms with E-state index >= 15 is 0 Å². The zero-order valence-corrected chi connectivity index (χ0v) is 21.6. The number of amides is 1.